The summed E-state index contributed by atoms with van der Waals surface area (Å²) >= 11 is 0. The predicted molar refractivity (Wildman–Crippen MR) is 69.1 cm³/mol. The smallest absolute Gasteiger partial charge is 0.159 e. The lowest BCUT2D eigenvalue weighted by Crippen LogP contribution is -2.27. The summed E-state index contributed by atoms with van der Waals surface area (Å²) in [5, 5.41) is 3.27. The Labute approximate surface area is 106 Å². The van der Waals surface area contributed by atoms with Gasteiger partial charge in [0, 0.05) is 5.56 Å². The largest absolute Gasteiger partial charge is 0.472 e. The molecule has 1 aromatic carbocycles. The van der Waals surface area contributed by atoms with Gasteiger partial charge in [-0.25, -0.2) is 9.97 Å². The van der Waals surface area contributed by atoms with Gasteiger partial charge in [0.2, 0.25) is 0 Å². The van der Waals surface area contributed by atoms with Gasteiger partial charge in [-0.3, -0.25) is 5.32 Å². The van der Waals surface area contributed by atoms with E-state index in [-0.39, 0.29) is 6.23 Å². The highest BCUT2D eigenvalue weighted by atomic mass is 16.5. The lowest BCUT2D eigenvalue weighted by molar-refractivity contribution is 0.186. The molecule has 0 saturated carbocycles. The van der Waals surface area contributed by atoms with E-state index < -0.39 is 0 Å². The van der Waals surface area contributed by atoms with E-state index in [2.05, 4.69) is 15.3 Å². The molecule has 1 fully saturated rings. The van der Waals surface area contributed by atoms with Crippen LogP contribution in [0.5, 0.6) is 5.75 Å². The van der Waals surface area contributed by atoms with Crippen LogP contribution in [0.1, 0.15) is 12.8 Å². The van der Waals surface area contributed by atoms with Crippen molar-refractivity contribution < 1.29 is 4.74 Å². The lowest BCUT2D eigenvalue weighted by Gasteiger charge is -2.12. The number of ether oxygens (including phenoxy) is 1. The van der Waals surface area contributed by atoms with Crippen LogP contribution in [0, 0.1) is 0 Å². The summed E-state index contributed by atoms with van der Waals surface area (Å²) in [5.74, 6) is 1.44. The number of hydrogen-bond donors (Lipinski definition) is 1. The van der Waals surface area contributed by atoms with Crippen molar-refractivity contribution in [2.75, 3.05) is 6.54 Å². The fraction of sp³-hybridized carbons (Fsp3) is 0.286. The molecule has 0 amide bonds. The molecular weight excluding hydrogens is 226 g/mol. The van der Waals surface area contributed by atoms with E-state index in [1.165, 1.54) is 0 Å². The molecule has 1 saturated heterocycles. The van der Waals surface area contributed by atoms with E-state index in [0.717, 1.165) is 30.8 Å². The maximum absolute atomic E-state index is 5.73. The number of benzene rings is 1. The zero-order chi connectivity index (χ0) is 12.2. The third-order valence-corrected chi connectivity index (χ3v) is 2.95. The average molecular weight is 241 g/mol. The molecule has 4 heteroatoms. The summed E-state index contributed by atoms with van der Waals surface area (Å²) in [6, 6.07) is 9.92. The van der Waals surface area contributed by atoms with Gasteiger partial charge < -0.3 is 4.74 Å². The second kappa shape index (κ2) is 5.14. The number of nitrogens with zero attached hydrogens (tertiary/aromatic N) is 2. The van der Waals surface area contributed by atoms with Crippen molar-refractivity contribution >= 4 is 0 Å². The molecule has 1 unspecified atom stereocenters. The standard InChI is InChI=1S/C14H15N3O/c1-2-5-11(6-3-1)14-16-9-12(10-17-14)18-13-7-4-8-15-13/h1-3,5-6,9-10,13,15H,4,7-8H2. The molecule has 2 aromatic rings. The minimum Gasteiger partial charge on any atom is -0.472 e. The van der Waals surface area contributed by atoms with Crippen molar-refractivity contribution in [3.8, 4) is 17.1 Å². The summed E-state index contributed by atoms with van der Waals surface area (Å²) in [6.07, 6.45) is 5.77. The van der Waals surface area contributed by atoms with Crippen molar-refractivity contribution in [2.24, 2.45) is 0 Å². The van der Waals surface area contributed by atoms with E-state index in [1.807, 2.05) is 30.3 Å². The maximum atomic E-state index is 5.73. The fourth-order valence-electron chi connectivity index (χ4n) is 2.03. The molecule has 1 N–H and O–H groups in total. The van der Waals surface area contributed by atoms with Crippen molar-refractivity contribution in [1.29, 1.82) is 0 Å². The molecule has 1 aromatic heterocycles. The van der Waals surface area contributed by atoms with Crippen LogP contribution in [-0.4, -0.2) is 22.7 Å². The second-order valence-electron chi connectivity index (χ2n) is 4.31. The Morgan fingerprint density at radius 1 is 1.11 bits per heavy atom. The van der Waals surface area contributed by atoms with E-state index >= 15 is 0 Å². The van der Waals surface area contributed by atoms with Gasteiger partial charge in [0.1, 0.15) is 6.23 Å². The van der Waals surface area contributed by atoms with Crippen LogP contribution >= 0.6 is 0 Å². The van der Waals surface area contributed by atoms with Gasteiger partial charge in [-0.1, -0.05) is 30.3 Å². The van der Waals surface area contributed by atoms with Gasteiger partial charge >= 0.3 is 0 Å². The quantitative estimate of drug-likeness (QED) is 0.895. The molecule has 18 heavy (non-hydrogen) atoms. The van der Waals surface area contributed by atoms with Crippen LogP contribution in [0.4, 0.5) is 0 Å². The Balaban J connectivity index is 1.72. The molecule has 1 aliphatic heterocycles. The number of rotatable bonds is 3. The lowest BCUT2D eigenvalue weighted by atomic mass is 10.2. The number of aromatic nitrogens is 2. The first kappa shape index (κ1) is 11.2. The minimum absolute atomic E-state index is 0.108. The van der Waals surface area contributed by atoms with Crippen LogP contribution in [0.25, 0.3) is 11.4 Å². The molecule has 4 nitrogen and oxygen atoms in total. The molecule has 0 spiro atoms. The van der Waals surface area contributed by atoms with Crippen molar-refractivity contribution in [1.82, 2.24) is 15.3 Å². The van der Waals surface area contributed by atoms with Gasteiger partial charge in [0.25, 0.3) is 0 Å². The van der Waals surface area contributed by atoms with Gasteiger partial charge in [0.15, 0.2) is 11.6 Å². The van der Waals surface area contributed by atoms with E-state index in [9.17, 15) is 0 Å². The van der Waals surface area contributed by atoms with Crippen molar-refractivity contribution in [3.05, 3.63) is 42.7 Å². The number of nitrogens with one attached hydrogen (secondary N) is 1. The van der Waals surface area contributed by atoms with Crippen molar-refractivity contribution in [2.45, 2.75) is 19.1 Å². The summed E-state index contributed by atoms with van der Waals surface area (Å²) in [4.78, 5) is 8.65. The maximum Gasteiger partial charge on any atom is 0.159 e. The van der Waals surface area contributed by atoms with Crippen LogP contribution in [0.15, 0.2) is 42.7 Å². The van der Waals surface area contributed by atoms with Gasteiger partial charge in [-0.2, -0.15) is 0 Å². The van der Waals surface area contributed by atoms with E-state index in [4.69, 9.17) is 4.74 Å². The van der Waals surface area contributed by atoms with Gasteiger partial charge in [0.05, 0.1) is 12.4 Å². The highest BCUT2D eigenvalue weighted by molar-refractivity contribution is 5.54. The molecule has 1 atom stereocenters. The average Bonchev–Trinajstić information content (AvgIpc) is 2.94. The zero-order valence-corrected chi connectivity index (χ0v) is 10.0. The molecule has 0 bridgehead atoms. The summed E-state index contributed by atoms with van der Waals surface area (Å²) in [5.41, 5.74) is 1.02. The monoisotopic (exact) mass is 241 g/mol. The number of hydrogen-bond acceptors (Lipinski definition) is 4. The molecule has 3 rings (SSSR count). The Morgan fingerprint density at radius 2 is 1.89 bits per heavy atom. The first-order valence-corrected chi connectivity index (χ1v) is 6.19. The van der Waals surface area contributed by atoms with Gasteiger partial charge in [-0.05, 0) is 19.4 Å². The molecule has 92 valence electrons. The third-order valence-electron chi connectivity index (χ3n) is 2.95. The first-order valence-electron chi connectivity index (χ1n) is 6.19. The summed E-state index contributed by atoms with van der Waals surface area (Å²) < 4.78 is 5.73. The zero-order valence-electron chi connectivity index (χ0n) is 10.0. The van der Waals surface area contributed by atoms with Crippen LogP contribution in [0.2, 0.25) is 0 Å². The minimum atomic E-state index is 0.108. The van der Waals surface area contributed by atoms with E-state index in [1.54, 1.807) is 12.4 Å². The van der Waals surface area contributed by atoms with Crippen LogP contribution in [0.3, 0.4) is 0 Å². The highest BCUT2D eigenvalue weighted by Crippen LogP contribution is 2.17. The molecule has 2 heterocycles. The molecule has 0 aliphatic carbocycles. The highest BCUT2D eigenvalue weighted by Gasteiger charge is 2.15. The van der Waals surface area contributed by atoms with Gasteiger partial charge in [-0.15, -0.1) is 0 Å². The van der Waals surface area contributed by atoms with E-state index in [0.29, 0.717) is 5.75 Å². The Hall–Kier alpha value is -1.94. The normalized spacial score (nSPS) is 18.8. The topological polar surface area (TPSA) is 47.0 Å². The molecular formula is C14H15N3O. The summed E-state index contributed by atoms with van der Waals surface area (Å²) in [6.45, 7) is 1.02. The Bertz CT molecular complexity index is 492. The Kier molecular flexibility index (Phi) is 3.19. The molecule has 1 aliphatic rings. The van der Waals surface area contributed by atoms with Crippen LogP contribution in [-0.2, 0) is 0 Å². The van der Waals surface area contributed by atoms with Crippen LogP contribution < -0.4 is 10.1 Å². The second-order valence-corrected chi connectivity index (χ2v) is 4.31. The molecule has 0 radical (unpaired) electrons. The van der Waals surface area contributed by atoms with Crippen molar-refractivity contribution in [3.63, 3.8) is 0 Å². The third kappa shape index (κ3) is 2.49. The Morgan fingerprint density at radius 3 is 2.56 bits per heavy atom. The predicted octanol–water partition coefficient (Wildman–Crippen LogP) is 2.23. The summed E-state index contributed by atoms with van der Waals surface area (Å²) in [7, 11) is 0. The first-order chi connectivity index (χ1) is 8.92. The fourth-order valence-corrected chi connectivity index (χ4v) is 2.03. The SMILES string of the molecule is c1ccc(-c2ncc(OC3CCCN3)cn2)cc1.